The van der Waals surface area contributed by atoms with Gasteiger partial charge in [0.05, 0.1) is 11.1 Å². The first-order chi connectivity index (χ1) is 9.30. The Kier molecular flexibility index (Phi) is 4.65. The lowest BCUT2D eigenvalue weighted by molar-refractivity contribution is -0.142. The van der Waals surface area contributed by atoms with Crippen molar-refractivity contribution >= 4 is 0 Å². The van der Waals surface area contributed by atoms with E-state index in [1.807, 2.05) is 0 Å². The van der Waals surface area contributed by atoms with E-state index in [2.05, 4.69) is 0 Å². The van der Waals surface area contributed by atoms with Crippen molar-refractivity contribution in [3.8, 4) is 0 Å². The number of halogens is 6. The van der Waals surface area contributed by atoms with Crippen LogP contribution < -0.4 is 5.73 Å². The van der Waals surface area contributed by atoms with Crippen molar-refractivity contribution in [1.82, 2.24) is 0 Å². The first kappa shape index (κ1) is 17.8. The quantitative estimate of drug-likeness (QED) is 0.835. The fraction of sp³-hybridized carbons (Fsp3) is 0.538. The number of rotatable bonds is 3. The lowest BCUT2D eigenvalue weighted by Gasteiger charge is -2.32. The highest BCUT2D eigenvalue weighted by Gasteiger charge is 2.40. The molecule has 120 valence electrons. The summed E-state index contributed by atoms with van der Waals surface area (Å²) < 4.78 is 76.8. The molecule has 1 aromatic rings. The van der Waals surface area contributed by atoms with Gasteiger partial charge in [-0.05, 0) is 23.8 Å². The Balaban J connectivity index is 3.51. The minimum absolute atomic E-state index is 0.366. The average molecular weight is 315 g/mol. The molecule has 0 unspecified atom stereocenters. The largest absolute Gasteiger partial charge is 0.416 e. The average Bonchev–Trinajstić information content (AvgIpc) is 2.35. The van der Waals surface area contributed by atoms with E-state index in [1.54, 1.807) is 0 Å². The Hall–Kier alpha value is -1.28. The number of nitrogens with two attached hydrogens (primary N) is 1. The number of alkyl halides is 6. The van der Waals surface area contributed by atoms with Gasteiger partial charge >= 0.3 is 12.4 Å². The second-order valence-corrected chi connectivity index (χ2v) is 5.42. The van der Waals surface area contributed by atoms with Gasteiger partial charge in [-0.25, -0.2) is 0 Å². The van der Waals surface area contributed by atoms with E-state index >= 15 is 0 Å². The first-order valence-corrected chi connectivity index (χ1v) is 5.95. The predicted molar refractivity (Wildman–Crippen MR) is 64.2 cm³/mol. The van der Waals surface area contributed by atoms with E-state index in [-0.39, 0.29) is 0 Å². The minimum Gasteiger partial charge on any atom is -0.396 e. The summed E-state index contributed by atoms with van der Waals surface area (Å²) in [7, 11) is 0. The van der Waals surface area contributed by atoms with Crippen molar-refractivity contribution in [2.75, 3.05) is 6.61 Å². The Morgan fingerprint density at radius 1 is 1.05 bits per heavy atom. The maximum Gasteiger partial charge on any atom is 0.416 e. The van der Waals surface area contributed by atoms with Crippen LogP contribution >= 0.6 is 0 Å². The standard InChI is InChI=1S/C13H15F6NO/c1-11(2,6-21)10(20)8-5-7(12(14,15)16)3-4-9(8)13(17,18)19/h3-5,10,21H,6,20H2,1-2H3/t10-/m1/s1. The Bertz CT molecular complexity index is 506. The molecule has 8 heteroatoms. The molecule has 3 N–H and O–H groups in total. The zero-order valence-electron chi connectivity index (χ0n) is 11.3. The fourth-order valence-corrected chi connectivity index (χ4v) is 1.77. The molecular formula is C13H15F6NO. The monoisotopic (exact) mass is 315 g/mol. The smallest absolute Gasteiger partial charge is 0.396 e. The van der Waals surface area contributed by atoms with Crippen molar-refractivity contribution in [3.05, 3.63) is 34.9 Å². The van der Waals surface area contributed by atoms with Gasteiger partial charge in [0.1, 0.15) is 0 Å². The van der Waals surface area contributed by atoms with Crippen molar-refractivity contribution in [2.24, 2.45) is 11.1 Å². The van der Waals surface area contributed by atoms with E-state index < -0.39 is 47.1 Å². The Labute approximate surface area is 117 Å². The van der Waals surface area contributed by atoms with Crippen molar-refractivity contribution in [3.63, 3.8) is 0 Å². The molecule has 0 aliphatic rings. The molecule has 0 radical (unpaired) electrons. The third kappa shape index (κ3) is 3.88. The zero-order valence-corrected chi connectivity index (χ0v) is 11.3. The van der Waals surface area contributed by atoms with Gasteiger partial charge in [0.15, 0.2) is 0 Å². The molecule has 0 saturated carbocycles. The maximum absolute atomic E-state index is 12.9. The molecular weight excluding hydrogens is 300 g/mol. The zero-order chi connectivity index (χ0) is 16.6. The van der Waals surface area contributed by atoms with Crippen LogP contribution in [0.2, 0.25) is 0 Å². The van der Waals surface area contributed by atoms with Crippen LogP contribution in [0.15, 0.2) is 18.2 Å². The van der Waals surface area contributed by atoms with Crippen LogP contribution in [0.5, 0.6) is 0 Å². The Morgan fingerprint density at radius 2 is 1.57 bits per heavy atom. The molecule has 0 aliphatic heterocycles. The molecule has 1 aromatic carbocycles. The number of benzene rings is 1. The highest BCUT2D eigenvalue weighted by atomic mass is 19.4. The summed E-state index contributed by atoms with van der Waals surface area (Å²) in [6.07, 6.45) is -9.61. The second kappa shape index (κ2) is 5.49. The summed E-state index contributed by atoms with van der Waals surface area (Å²) in [6, 6.07) is -0.275. The van der Waals surface area contributed by atoms with Crippen LogP contribution in [0.4, 0.5) is 26.3 Å². The molecule has 1 atom stereocenters. The van der Waals surface area contributed by atoms with E-state index in [0.717, 1.165) is 0 Å². The summed E-state index contributed by atoms with van der Waals surface area (Å²) in [5.74, 6) is 0. The fourth-order valence-electron chi connectivity index (χ4n) is 1.77. The molecule has 1 rings (SSSR count). The lowest BCUT2D eigenvalue weighted by Crippen LogP contribution is -2.34. The van der Waals surface area contributed by atoms with Gasteiger partial charge in [-0.2, -0.15) is 26.3 Å². The van der Waals surface area contributed by atoms with E-state index in [0.29, 0.717) is 18.2 Å². The number of aliphatic hydroxyl groups is 1. The Morgan fingerprint density at radius 3 is 1.95 bits per heavy atom. The van der Waals surface area contributed by atoms with Crippen molar-refractivity contribution < 1.29 is 31.4 Å². The molecule has 0 saturated heterocycles. The van der Waals surface area contributed by atoms with Gasteiger partial charge in [-0.1, -0.05) is 13.8 Å². The van der Waals surface area contributed by atoms with Crippen LogP contribution in [0.1, 0.15) is 36.6 Å². The minimum atomic E-state index is -4.83. The normalized spacial score (nSPS) is 15.1. The summed E-state index contributed by atoms with van der Waals surface area (Å²) in [5, 5.41) is 9.17. The second-order valence-electron chi connectivity index (χ2n) is 5.42. The summed E-state index contributed by atoms with van der Waals surface area (Å²) in [5.41, 5.74) is 1.33. The van der Waals surface area contributed by atoms with Gasteiger partial charge < -0.3 is 10.8 Å². The SMILES string of the molecule is CC(C)(CO)[C@H](N)c1cc(C(F)(F)F)ccc1C(F)(F)F. The molecule has 0 aliphatic carbocycles. The third-order valence-corrected chi connectivity index (χ3v) is 3.27. The van der Waals surface area contributed by atoms with Crippen LogP contribution in [-0.4, -0.2) is 11.7 Å². The molecule has 0 bridgehead atoms. The van der Waals surface area contributed by atoms with Crippen LogP contribution in [-0.2, 0) is 12.4 Å². The molecule has 21 heavy (non-hydrogen) atoms. The van der Waals surface area contributed by atoms with Gasteiger partial charge in [-0.15, -0.1) is 0 Å². The van der Waals surface area contributed by atoms with Gasteiger partial charge in [0.2, 0.25) is 0 Å². The van der Waals surface area contributed by atoms with Gasteiger partial charge in [-0.3, -0.25) is 0 Å². The van der Waals surface area contributed by atoms with E-state index in [9.17, 15) is 26.3 Å². The van der Waals surface area contributed by atoms with E-state index in [1.165, 1.54) is 13.8 Å². The van der Waals surface area contributed by atoms with Crippen molar-refractivity contribution in [1.29, 1.82) is 0 Å². The summed E-state index contributed by atoms with van der Waals surface area (Å²) in [6.45, 7) is 2.18. The summed E-state index contributed by atoms with van der Waals surface area (Å²) in [4.78, 5) is 0. The van der Waals surface area contributed by atoms with Gasteiger partial charge in [0, 0.05) is 18.1 Å². The number of hydrogen-bond donors (Lipinski definition) is 2. The van der Waals surface area contributed by atoms with Crippen LogP contribution in [0.3, 0.4) is 0 Å². The van der Waals surface area contributed by atoms with Gasteiger partial charge in [0.25, 0.3) is 0 Å². The number of hydrogen-bond acceptors (Lipinski definition) is 2. The number of aliphatic hydroxyl groups excluding tert-OH is 1. The molecule has 0 fully saturated rings. The third-order valence-electron chi connectivity index (χ3n) is 3.27. The molecule has 0 heterocycles. The lowest BCUT2D eigenvalue weighted by atomic mass is 9.79. The summed E-state index contributed by atoms with van der Waals surface area (Å²) >= 11 is 0. The van der Waals surface area contributed by atoms with E-state index in [4.69, 9.17) is 10.8 Å². The van der Waals surface area contributed by atoms with Crippen molar-refractivity contribution in [2.45, 2.75) is 32.2 Å². The molecule has 0 aromatic heterocycles. The molecule has 0 amide bonds. The first-order valence-electron chi connectivity index (χ1n) is 5.95. The highest BCUT2D eigenvalue weighted by Crippen LogP contribution is 2.42. The van der Waals surface area contributed by atoms with Crippen LogP contribution in [0, 0.1) is 5.41 Å². The molecule has 2 nitrogen and oxygen atoms in total. The topological polar surface area (TPSA) is 46.2 Å². The maximum atomic E-state index is 12.9. The predicted octanol–water partition coefficient (Wildman–Crippen LogP) is 3.74. The van der Waals surface area contributed by atoms with Crippen LogP contribution in [0.25, 0.3) is 0 Å². The highest BCUT2D eigenvalue weighted by molar-refractivity contribution is 5.38. The molecule has 0 spiro atoms.